The van der Waals surface area contributed by atoms with Gasteiger partial charge in [-0.15, -0.1) is 0 Å². The van der Waals surface area contributed by atoms with E-state index in [0.717, 1.165) is 18.9 Å². The number of carbonyl (C=O) groups is 4. The number of ether oxygens (including phenoxy) is 2. The van der Waals surface area contributed by atoms with E-state index in [4.69, 9.17) is 21.1 Å². The predicted molar refractivity (Wildman–Crippen MR) is 183 cm³/mol. The van der Waals surface area contributed by atoms with Crippen molar-refractivity contribution >= 4 is 58.6 Å². The zero-order chi connectivity index (χ0) is 38.2. The first-order chi connectivity index (χ1) is 25.2. The van der Waals surface area contributed by atoms with Crippen LogP contribution in [0.4, 0.5) is 36.4 Å². The number of benzene rings is 2. The number of alkyl halides is 3. The Hall–Kier alpha value is -6.24. The normalized spacial score (nSPS) is 13.5. The van der Waals surface area contributed by atoms with E-state index in [1.807, 2.05) is 12.1 Å². The lowest BCUT2D eigenvalue weighted by molar-refractivity contribution is -0.154. The highest BCUT2D eigenvalue weighted by atomic mass is 35.5. The van der Waals surface area contributed by atoms with Crippen LogP contribution in [0.5, 0.6) is 11.9 Å². The molecular formula is C33H31ClF3N9O7. The molecule has 4 aromatic rings. The van der Waals surface area contributed by atoms with E-state index < -0.39 is 54.1 Å². The number of halogens is 4. The molecule has 0 spiro atoms. The number of hydrogen-bond acceptors (Lipinski definition) is 13. The highest BCUT2D eigenvalue weighted by molar-refractivity contribution is 6.39. The number of carbonyl (C=O) groups excluding carboxylic acids is 4. The van der Waals surface area contributed by atoms with Crippen molar-refractivity contribution < 1.29 is 46.9 Å². The van der Waals surface area contributed by atoms with Crippen LogP contribution in [0.3, 0.4) is 0 Å². The number of anilines is 4. The number of aromatic hydroxyl groups is 1. The van der Waals surface area contributed by atoms with Gasteiger partial charge in [0.1, 0.15) is 6.04 Å². The lowest BCUT2D eigenvalue weighted by Crippen LogP contribution is -2.44. The second kappa shape index (κ2) is 16.4. The molecule has 0 unspecified atom stereocenters. The fourth-order valence-corrected chi connectivity index (χ4v) is 4.92. The van der Waals surface area contributed by atoms with E-state index in [2.05, 4.69) is 46.5 Å². The molecule has 1 saturated carbocycles. The Morgan fingerprint density at radius 1 is 0.925 bits per heavy atom. The molecule has 6 N–H and O–H groups in total. The van der Waals surface area contributed by atoms with Gasteiger partial charge in [-0.1, -0.05) is 23.7 Å². The molecule has 0 bridgehead atoms. The van der Waals surface area contributed by atoms with Crippen LogP contribution in [0.25, 0.3) is 0 Å². The number of pyridine rings is 1. The van der Waals surface area contributed by atoms with Gasteiger partial charge in [-0.05, 0) is 67.3 Å². The molecule has 1 aliphatic carbocycles. The smallest absolute Gasteiger partial charge is 0.422 e. The van der Waals surface area contributed by atoms with Gasteiger partial charge in [0.15, 0.2) is 6.61 Å². The maximum atomic E-state index is 13.0. The van der Waals surface area contributed by atoms with E-state index in [1.54, 1.807) is 12.1 Å². The molecule has 1 atom stereocenters. The molecule has 0 saturated heterocycles. The molecule has 1 aliphatic rings. The van der Waals surface area contributed by atoms with E-state index >= 15 is 0 Å². The molecule has 0 aliphatic heterocycles. The lowest BCUT2D eigenvalue weighted by Gasteiger charge is -2.19. The summed E-state index contributed by atoms with van der Waals surface area (Å²) in [6.45, 7) is -1.82. The van der Waals surface area contributed by atoms with Crippen molar-refractivity contribution in [2.24, 2.45) is 0 Å². The summed E-state index contributed by atoms with van der Waals surface area (Å²) in [7, 11) is 1.11. The lowest BCUT2D eigenvalue weighted by atomic mass is 10.1. The Morgan fingerprint density at radius 2 is 1.60 bits per heavy atom. The van der Waals surface area contributed by atoms with Crippen LogP contribution in [0.15, 0.2) is 66.9 Å². The number of aromatic nitrogens is 4. The summed E-state index contributed by atoms with van der Waals surface area (Å²) in [5.41, 5.74) is 0.938. The summed E-state index contributed by atoms with van der Waals surface area (Å²) in [6, 6.07) is 13.6. The molecule has 1 fully saturated rings. The zero-order valence-corrected chi connectivity index (χ0v) is 28.4. The van der Waals surface area contributed by atoms with Crippen molar-refractivity contribution in [3.05, 3.63) is 83.0 Å². The van der Waals surface area contributed by atoms with Gasteiger partial charge in [0.25, 0.3) is 5.91 Å². The molecule has 16 nitrogen and oxygen atoms in total. The largest absolute Gasteiger partial charge is 0.493 e. The Balaban J connectivity index is 1.21. The maximum Gasteiger partial charge on any atom is 0.422 e. The van der Waals surface area contributed by atoms with Crippen molar-refractivity contribution in [3.63, 3.8) is 0 Å². The van der Waals surface area contributed by atoms with Crippen molar-refractivity contribution in [3.8, 4) is 11.9 Å². The molecule has 2 heterocycles. The highest BCUT2D eigenvalue weighted by Gasteiger charge is 2.45. The van der Waals surface area contributed by atoms with E-state index in [9.17, 15) is 37.5 Å². The monoisotopic (exact) mass is 757 g/mol. The average molecular weight is 758 g/mol. The summed E-state index contributed by atoms with van der Waals surface area (Å²) in [6.07, 6.45) is -2.22. The van der Waals surface area contributed by atoms with Crippen molar-refractivity contribution in [2.45, 2.75) is 37.0 Å². The molecular weight excluding hydrogens is 727 g/mol. The molecule has 3 amide bonds. The fraction of sp³-hybridized carbons (Fsp3) is 0.273. The predicted octanol–water partition coefficient (Wildman–Crippen LogP) is 3.83. The summed E-state index contributed by atoms with van der Waals surface area (Å²) in [5.74, 6) is -3.99. The molecule has 53 heavy (non-hydrogen) atoms. The van der Waals surface area contributed by atoms with Gasteiger partial charge >= 0.3 is 30.0 Å². The van der Waals surface area contributed by atoms with Gasteiger partial charge < -0.3 is 41.2 Å². The Morgan fingerprint density at radius 3 is 2.23 bits per heavy atom. The van der Waals surface area contributed by atoms with Crippen LogP contribution in [-0.4, -0.2) is 81.2 Å². The van der Waals surface area contributed by atoms with Crippen LogP contribution in [0.1, 0.15) is 35.2 Å². The van der Waals surface area contributed by atoms with Crippen LogP contribution < -0.4 is 31.3 Å². The number of amides is 3. The minimum atomic E-state index is -4.64. The second-order valence-electron chi connectivity index (χ2n) is 11.5. The van der Waals surface area contributed by atoms with Crippen molar-refractivity contribution in [1.82, 2.24) is 30.6 Å². The first kappa shape index (κ1) is 38.0. The quantitative estimate of drug-likeness (QED) is 0.0797. The van der Waals surface area contributed by atoms with Crippen LogP contribution in [0, 0.1) is 0 Å². The number of methoxy groups -OCH3 is 1. The van der Waals surface area contributed by atoms with Crippen LogP contribution >= 0.6 is 11.6 Å². The Labute approximate surface area is 303 Å². The van der Waals surface area contributed by atoms with E-state index in [-0.39, 0.29) is 42.0 Å². The SMILES string of the molecule is COC(=O)[C@H](CCNC(=O)C(=O)Nc1ccc(O)nc1)NC(=O)c1ccc(Nc2nc(NC3(c4ccc(Cl)cc4)CC3)nc(OCC(F)(F)F)n2)cc1. The second-order valence-corrected chi connectivity index (χ2v) is 12.0. The first-order valence-corrected chi connectivity index (χ1v) is 16.1. The minimum Gasteiger partial charge on any atom is -0.493 e. The summed E-state index contributed by atoms with van der Waals surface area (Å²) >= 11 is 6.02. The standard InChI is InChI=1S/C33H31ClF3N9O7/c1-52-28(51)23(12-15-38-26(49)27(50)40-22-10-11-24(47)39-16-22)42-25(48)18-2-8-21(9-3-18)41-29-43-30(45-31(44-29)53-17-33(35,36)37)46-32(13-14-32)19-4-6-20(34)7-5-19/h2-11,16,23H,12-15,17H2,1H3,(H,38,49)(H,39,47)(H,40,50)(H,42,48)(H2,41,43,44,45,46)/t23-/m0/s1. The number of esters is 1. The van der Waals surface area contributed by atoms with Gasteiger partial charge in [0.05, 0.1) is 24.5 Å². The number of rotatable bonds is 14. The highest BCUT2D eigenvalue weighted by Crippen LogP contribution is 2.48. The average Bonchev–Trinajstić information content (AvgIpc) is 3.91. The van der Waals surface area contributed by atoms with Gasteiger partial charge in [0.2, 0.25) is 17.8 Å². The van der Waals surface area contributed by atoms with Gasteiger partial charge in [-0.2, -0.15) is 28.1 Å². The Kier molecular flexibility index (Phi) is 11.8. The molecule has 0 radical (unpaired) electrons. The molecule has 5 rings (SSSR count). The summed E-state index contributed by atoms with van der Waals surface area (Å²) < 4.78 is 48.4. The third-order valence-corrected chi connectivity index (χ3v) is 7.85. The third kappa shape index (κ3) is 10.9. The fourth-order valence-electron chi connectivity index (χ4n) is 4.80. The van der Waals surface area contributed by atoms with Crippen molar-refractivity contribution in [2.75, 3.05) is 36.2 Å². The van der Waals surface area contributed by atoms with Crippen LogP contribution in [-0.2, 0) is 24.7 Å². The molecule has 2 aromatic carbocycles. The molecule has 2 aromatic heterocycles. The van der Waals surface area contributed by atoms with Gasteiger partial charge in [-0.25, -0.2) is 9.78 Å². The summed E-state index contributed by atoms with van der Waals surface area (Å²) in [4.78, 5) is 65.6. The van der Waals surface area contributed by atoms with Gasteiger partial charge in [-0.3, -0.25) is 14.4 Å². The number of nitrogens with one attached hydrogen (secondary N) is 5. The zero-order valence-electron chi connectivity index (χ0n) is 27.7. The maximum absolute atomic E-state index is 13.0. The van der Waals surface area contributed by atoms with E-state index in [0.29, 0.717) is 23.6 Å². The first-order valence-electron chi connectivity index (χ1n) is 15.7. The Bertz CT molecular complexity index is 1950. The van der Waals surface area contributed by atoms with Crippen LogP contribution in [0.2, 0.25) is 5.02 Å². The minimum absolute atomic E-state index is 0.0385. The topological polar surface area (TPSA) is 219 Å². The number of hydrogen-bond donors (Lipinski definition) is 6. The molecule has 20 heteroatoms. The van der Waals surface area contributed by atoms with Gasteiger partial charge in [0, 0.05) is 28.9 Å². The number of nitrogens with zero attached hydrogens (tertiary/aromatic N) is 4. The molecule has 278 valence electrons. The summed E-state index contributed by atoms with van der Waals surface area (Å²) in [5, 5.41) is 23.0. The van der Waals surface area contributed by atoms with Crippen molar-refractivity contribution in [1.29, 1.82) is 0 Å². The van der Waals surface area contributed by atoms with E-state index in [1.165, 1.54) is 36.4 Å². The third-order valence-electron chi connectivity index (χ3n) is 7.60.